The normalized spacial score (nSPS) is 34.2. The molecule has 50 valence electrons. The van der Waals surface area contributed by atoms with Crippen molar-refractivity contribution >= 4 is 0 Å². The molecule has 1 aliphatic rings. The quantitative estimate of drug-likeness (QED) is 0.525. The molecule has 1 unspecified atom stereocenters. The van der Waals surface area contributed by atoms with Crippen LogP contribution in [0.1, 0.15) is 32.6 Å². The largest absolute Gasteiger partial charge is 0.198 e. The Kier molecular flexibility index (Phi) is 2.10. The molecule has 0 amide bonds. The first-order valence-electron chi connectivity index (χ1n) is 3.71. The maximum atomic E-state index is 8.39. The van der Waals surface area contributed by atoms with E-state index >= 15 is 0 Å². The number of nitrogens with zero attached hydrogens (tertiary/aromatic N) is 1. The molecule has 0 aromatic carbocycles. The summed E-state index contributed by atoms with van der Waals surface area (Å²) in [6.45, 7) is 2.26. The summed E-state index contributed by atoms with van der Waals surface area (Å²) < 4.78 is 0. The van der Waals surface area contributed by atoms with Crippen LogP contribution in [0.15, 0.2) is 0 Å². The van der Waals surface area contributed by atoms with Crippen LogP contribution < -0.4 is 0 Å². The Balaban J connectivity index is 2.33. The number of hydrogen-bond donors (Lipinski definition) is 0. The van der Waals surface area contributed by atoms with Gasteiger partial charge in [-0.1, -0.05) is 19.8 Å². The van der Waals surface area contributed by atoms with Crippen molar-refractivity contribution in [2.24, 2.45) is 11.8 Å². The molecule has 1 aliphatic carbocycles. The molecule has 1 fully saturated rings. The molecule has 1 rings (SSSR count). The van der Waals surface area contributed by atoms with Crippen LogP contribution in [0.5, 0.6) is 0 Å². The van der Waals surface area contributed by atoms with Crippen LogP contribution in [0, 0.1) is 23.2 Å². The van der Waals surface area contributed by atoms with Gasteiger partial charge in [0.2, 0.25) is 0 Å². The molecule has 0 spiro atoms. The van der Waals surface area contributed by atoms with Gasteiger partial charge in [-0.25, -0.2) is 0 Å². The Morgan fingerprint density at radius 1 is 1.56 bits per heavy atom. The summed E-state index contributed by atoms with van der Waals surface area (Å²) in [5, 5.41) is 8.39. The van der Waals surface area contributed by atoms with Crippen molar-refractivity contribution in [3.63, 3.8) is 0 Å². The summed E-state index contributed by atoms with van der Waals surface area (Å²) in [6.07, 6.45) is 4.75. The molecular weight excluding hydrogens is 110 g/mol. The van der Waals surface area contributed by atoms with Crippen molar-refractivity contribution in [3.05, 3.63) is 0 Å². The van der Waals surface area contributed by atoms with E-state index in [0.717, 1.165) is 18.3 Å². The summed E-state index contributed by atoms with van der Waals surface area (Å²) in [6, 6.07) is 2.24. The van der Waals surface area contributed by atoms with Crippen molar-refractivity contribution in [1.29, 1.82) is 5.26 Å². The van der Waals surface area contributed by atoms with E-state index in [0.29, 0.717) is 0 Å². The van der Waals surface area contributed by atoms with Gasteiger partial charge in [0.25, 0.3) is 0 Å². The summed E-state index contributed by atoms with van der Waals surface area (Å²) in [4.78, 5) is 0. The lowest BCUT2D eigenvalue weighted by atomic mass is 9.96. The first-order valence-corrected chi connectivity index (χ1v) is 3.71. The fourth-order valence-electron chi connectivity index (χ4n) is 1.64. The van der Waals surface area contributed by atoms with Crippen LogP contribution in [0.2, 0.25) is 0 Å². The van der Waals surface area contributed by atoms with Crippen molar-refractivity contribution in [1.82, 2.24) is 0 Å². The van der Waals surface area contributed by atoms with Crippen molar-refractivity contribution < 1.29 is 0 Å². The van der Waals surface area contributed by atoms with Gasteiger partial charge >= 0.3 is 0 Å². The number of hydrogen-bond acceptors (Lipinski definition) is 1. The molecule has 0 heterocycles. The van der Waals surface area contributed by atoms with E-state index in [2.05, 4.69) is 13.0 Å². The van der Waals surface area contributed by atoms with E-state index in [1.807, 2.05) is 0 Å². The third-order valence-corrected chi connectivity index (χ3v) is 2.39. The average Bonchev–Trinajstić information content (AvgIpc) is 2.18. The minimum absolute atomic E-state index is 0.718. The second-order valence-corrected chi connectivity index (χ2v) is 3.03. The van der Waals surface area contributed by atoms with Gasteiger partial charge < -0.3 is 0 Å². The van der Waals surface area contributed by atoms with E-state index in [1.54, 1.807) is 0 Å². The Bertz CT molecular complexity index is 123. The van der Waals surface area contributed by atoms with E-state index in [9.17, 15) is 0 Å². The van der Waals surface area contributed by atoms with E-state index in [1.165, 1.54) is 19.3 Å². The van der Waals surface area contributed by atoms with Gasteiger partial charge in [-0.05, 0) is 18.3 Å². The molecule has 0 N–H and O–H groups in total. The van der Waals surface area contributed by atoms with Crippen molar-refractivity contribution in [2.45, 2.75) is 32.6 Å². The Morgan fingerprint density at radius 2 is 2.33 bits per heavy atom. The topological polar surface area (TPSA) is 23.8 Å². The minimum Gasteiger partial charge on any atom is -0.198 e. The van der Waals surface area contributed by atoms with E-state index in [-0.39, 0.29) is 0 Å². The third kappa shape index (κ3) is 1.45. The zero-order valence-corrected chi connectivity index (χ0v) is 5.93. The van der Waals surface area contributed by atoms with Crippen LogP contribution in [0.25, 0.3) is 0 Å². The zero-order chi connectivity index (χ0) is 6.69. The predicted molar refractivity (Wildman–Crippen MR) is 36.7 cm³/mol. The minimum atomic E-state index is 0.718. The highest BCUT2D eigenvalue weighted by atomic mass is 14.3. The number of rotatable bonds is 1. The standard InChI is InChI=1S/C8H13N/c1-7-3-2-4-8(7)5-6-9/h7-8H,2-5H2,1H3/t7-,8?/m0/s1. The molecule has 1 nitrogen and oxygen atoms in total. The third-order valence-electron chi connectivity index (χ3n) is 2.39. The lowest BCUT2D eigenvalue weighted by Gasteiger charge is -2.08. The molecule has 0 aromatic heterocycles. The molecule has 1 heteroatoms. The lowest BCUT2D eigenvalue weighted by molar-refractivity contribution is 0.427. The van der Waals surface area contributed by atoms with Crippen molar-refractivity contribution in [3.8, 4) is 6.07 Å². The van der Waals surface area contributed by atoms with Gasteiger partial charge in [0.15, 0.2) is 0 Å². The summed E-state index contributed by atoms with van der Waals surface area (Å²) in [5.74, 6) is 1.53. The van der Waals surface area contributed by atoms with E-state index < -0.39 is 0 Å². The SMILES string of the molecule is C[C@H]1CCCC1CC#N. The predicted octanol–water partition coefficient (Wildman–Crippen LogP) is 2.34. The fraction of sp³-hybridized carbons (Fsp3) is 0.875. The molecule has 9 heavy (non-hydrogen) atoms. The lowest BCUT2D eigenvalue weighted by Crippen LogP contribution is -2.01. The second kappa shape index (κ2) is 2.87. The van der Waals surface area contributed by atoms with Gasteiger partial charge in [-0.15, -0.1) is 0 Å². The monoisotopic (exact) mass is 123 g/mol. The maximum absolute atomic E-state index is 8.39. The highest BCUT2D eigenvalue weighted by Crippen LogP contribution is 2.32. The van der Waals surface area contributed by atoms with Crippen LogP contribution in [-0.4, -0.2) is 0 Å². The zero-order valence-electron chi connectivity index (χ0n) is 5.93. The summed E-state index contributed by atoms with van der Waals surface area (Å²) in [5.41, 5.74) is 0. The summed E-state index contributed by atoms with van der Waals surface area (Å²) >= 11 is 0. The van der Waals surface area contributed by atoms with Crippen molar-refractivity contribution in [2.75, 3.05) is 0 Å². The molecule has 0 bridgehead atoms. The van der Waals surface area contributed by atoms with Gasteiger partial charge in [-0.3, -0.25) is 0 Å². The van der Waals surface area contributed by atoms with Crippen LogP contribution >= 0.6 is 0 Å². The van der Waals surface area contributed by atoms with Gasteiger partial charge in [0.05, 0.1) is 6.07 Å². The van der Waals surface area contributed by atoms with E-state index in [4.69, 9.17) is 5.26 Å². The molecular formula is C8H13N. The highest BCUT2D eigenvalue weighted by Gasteiger charge is 2.22. The van der Waals surface area contributed by atoms with Crippen LogP contribution in [0.4, 0.5) is 0 Å². The molecule has 0 aliphatic heterocycles. The fourth-order valence-corrected chi connectivity index (χ4v) is 1.64. The molecule has 0 radical (unpaired) electrons. The smallest absolute Gasteiger partial charge is 0.0624 e. The van der Waals surface area contributed by atoms with Gasteiger partial charge in [0.1, 0.15) is 0 Å². The number of nitriles is 1. The second-order valence-electron chi connectivity index (χ2n) is 3.03. The first-order chi connectivity index (χ1) is 4.34. The van der Waals surface area contributed by atoms with Gasteiger partial charge in [0, 0.05) is 6.42 Å². The first kappa shape index (κ1) is 6.61. The summed E-state index contributed by atoms with van der Waals surface area (Å²) in [7, 11) is 0. The van der Waals surface area contributed by atoms with Crippen LogP contribution in [0.3, 0.4) is 0 Å². The Hall–Kier alpha value is -0.510. The maximum Gasteiger partial charge on any atom is 0.0624 e. The average molecular weight is 123 g/mol. The molecule has 1 saturated carbocycles. The molecule has 0 saturated heterocycles. The van der Waals surface area contributed by atoms with Crippen LogP contribution in [-0.2, 0) is 0 Å². The van der Waals surface area contributed by atoms with Gasteiger partial charge in [-0.2, -0.15) is 5.26 Å². The molecule has 2 atom stereocenters. The Labute approximate surface area is 56.7 Å². The molecule has 0 aromatic rings. The highest BCUT2D eigenvalue weighted by molar-refractivity contribution is 4.82. The Morgan fingerprint density at radius 3 is 2.78 bits per heavy atom.